The molecule has 0 bridgehead atoms. The molecule has 112 valence electrons. The Labute approximate surface area is 124 Å². The zero-order valence-corrected chi connectivity index (χ0v) is 12.3. The van der Waals surface area contributed by atoms with Crippen LogP contribution in [0, 0.1) is 5.92 Å². The molecule has 1 atom stereocenters. The average molecular weight is 287 g/mol. The molecule has 2 aliphatic heterocycles. The molecule has 4 rings (SSSR count). The Kier molecular flexibility index (Phi) is 3.37. The summed E-state index contributed by atoms with van der Waals surface area (Å²) in [6.45, 7) is 0.770. The van der Waals surface area contributed by atoms with Crippen molar-refractivity contribution in [3.63, 3.8) is 0 Å². The van der Waals surface area contributed by atoms with Crippen LogP contribution in [0.25, 0.3) is 0 Å². The highest BCUT2D eigenvalue weighted by atomic mass is 16.5. The molecular weight excluding hydrogens is 266 g/mol. The third-order valence-corrected chi connectivity index (χ3v) is 4.88. The number of aromatic nitrogens is 2. The van der Waals surface area contributed by atoms with E-state index < -0.39 is 0 Å². The third kappa shape index (κ3) is 2.44. The molecule has 0 aromatic carbocycles. The van der Waals surface area contributed by atoms with Crippen LogP contribution in [-0.2, 0) is 4.74 Å². The van der Waals surface area contributed by atoms with Gasteiger partial charge in [0.1, 0.15) is 0 Å². The van der Waals surface area contributed by atoms with Crippen LogP contribution in [0.2, 0.25) is 0 Å². The third-order valence-electron chi connectivity index (χ3n) is 4.88. The van der Waals surface area contributed by atoms with Crippen LogP contribution < -0.4 is 0 Å². The van der Waals surface area contributed by atoms with E-state index in [1.807, 2.05) is 4.68 Å². The summed E-state index contributed by atoms with van der Waals surface area (Å²) in [6.07, 6.45) is 10.2. The Morgan fingerprint density at radius 2 is 2.14 bits per heavy atom. The number of rotatable bonds is 3. The SMILES string of the molecule is O=C1CC(CC2CCC2)=Nc2c1cnn2C1CCCCO1. The first-order valence-corrected chi connectivity index (χ1v) is 8.10. The van der Waals surface area contributed by atoms with Gasteiger partial charge in [-0.3, -0.25) is 4.79 Å². The van der Waals surface area contributed by atoms with E-state index in [0.717, 1.165) is 49.7 Å². The molecule has 21 heavy (non-hydrogen) atoms. The average Bonchev–Trinajstić information content (AvgIpc) is 2.88. The first-order valence-electron chi connectivity index (χ1n) is 8.10. The molecule has 0 amide bonds. The van der Waals surface area contributed by atoms with Gasteiger partial charge in [0.15, 0.2) is 17.8 Å². The Bertz CT molecular complexity index is 580. The Morgan fingerprint density at radius 1 is 1.24 bits per heavy atom. The van der Waals surface area contributed by atoms with Crippen molar-refractivity contribution in [2.45, 2.75) is 57.6 Å². The largest absolute Gasteiger partial charge is 0.356 e. The monoisotopic (exact) mass is 287 g/mol. The Hall–Kier alpha value is -1.49. The lowest BCUT2D eigenvalue weighted by Crippen LogP contribution is -2.22. The molecular formula is C16H21N3O2. The standard InChI is InChI=1S/C16H21N3O2/c20-14-9-12(8-11-4-3-5-11)18-16-13(14)10-17-19(16)15-6-1-2-7-21-15/h10-11,15H,1-9H2. The molecule has 1 saturated carbocycles. The number of ketones is 1. The van der Waals surface area contributed by atoms with Crippen molar-refractivity contribution in [3.8, 4) is 0 Å². The van der Waals surface area contributed by atoms with Crippen molar-refractivity contribution in [2.24, 2.45) is 10.9 Å². The quantitative estimate of drug-likeness (QED) is 0.855. The van der Waals surface area contributed by atoms with Crippen LogP contribution in [0.4, 0.5) is 5.82 Å². The molecule has 5 nitrogen and oxygen atoms in total. The van der Waals surface area contributed by atoms with Crippen molar-refractivity contribution in [1.82, 2.24) is 9.78 Å². The van der Waals surface area contributed by atoms with E-state index in [4.69, 9.17) is 9.73 Å². The number of Topliss-reactive ketones (excluding diaryl/α,β-unsaturated/α-hetero) is 1. The molecule has 3 aliphatic rings. The van der Waals surface area contributed by atoms with Gasteiger partial charge >= 0.3 is 0 Å². The van der Waals surface area contributed by atoms with Crippen LogP contribution >= 0.6 is 0 Å². The van der Waals surface area contributed by atoms with Crippen molar-refractivity contribution >= 4 is 17.3 Å². The van der Waals surface area contributed by atoms with E-state index in [2.05, 4.69) is 5.10 Å². The number of carbonyl (C=O) groups excluding carboxylic acids is 1. The Morgan fingerprint density at radius 3 is 2.86 bits per heavy atom. The first kappa shape index (κ1) is 13.2. The van der Waals surface area contributed by atoms with E-state index in [-0.39, 0.29) is 12.0 Å². The van der Waals surface area contributed by atoms with Gasteiger partial charge in [0.05, 0.1) is 11.8 Å². The lowest BCUT2D eigenvalue weighted by atomic mass is 9.80. The molecule has 3 heterocycles. The second kappa shape index (κ2) is 5.37. The second-order valence-electron chi connectivity index (χ2n) is 6.43. The molecule has 0 radical (unpaired) electrons. The summed E-state index contributed by atoms with van der Waals surface area (Å²) >= 11 is 0. The molecule has 1 unspecified atom stereocenters. The van der Waals surface area contributed by atoms with E-state index in [9.17, 15) is 4.79 Å². The number of hydrogen-bond acceptors (Lipinski definition) is 4. The van der Waals surface area contributed by atoms with Crippen LogP contribution in [0.5, 0.6) is 0 Å². The van der Waals surface area contributed by atoms with Crippen LogP contribution in [0.1, 0.15) is 68.0 Å². The summed E-state index contributed by atoms with van der Waals surface area (Å²) in [6, 6.07) is 0. The maximum absolute atomic E-state index is 12.3. The Balaban J connectivity index is 1.62. The number of carbonyl (C=O) groups is 1. The number of nitrogens with zero attached hydrogens (tertiary/aromatic N) is 3. The molecule has 0 spiro atoms. The normalized spacial score (nSPS) is 26.2. The fraction of sp³-hybridized carbons (Fsp3) is 0.688. The molecule has 0 N–H and O–H groups in total. The predicted molar refractivity (Wildman–Crippen MR) is 79.1 cm³/mol. The van der Waals surface area contributed by atoms with E-state index >= 15 is 0 Å². The summed E-state index contributed by atoms with van der Waals surface area (Å²) in [4.78, 5) is 17.1. The molecule has 1 saturated heterocycles. The summed E-state index contributed by atoms with van der Waals surface area (Å²) < 4.78 is 7.62. The molecule has 1 aromatic rings. The maximum atomic E-state index is 12.3. The van der Waals surface area contributed by atoms with E-state index in [1.165, 1.54) is 19.3 Å². The number of aliphatic imine (C=N–C) groups is 1. The summed E-state index contributed by atoms with van der Waals surface area (Å²) in [5.74, 6) is 1.63. The van der Waals surface area contributed by atoms with Gasteiger partial charge in [-0.2, -0.15) is 5.10 Å². The van der Waals surface area contributed by atoms with Gasteiger partial charge in [0, 0.05) is 18.7 Å². The second-order valence-corrected chi connectivity index (χ2v) is 6.43. The molecule has 1 aliphatic carbocycles. The highest BCUT2D eigenvalue weighted by Gasteiger charge is 2.30. The number of fused-ring (bicyclic) bond motifs is 1. The van der Waals surface area contributed by atoms with Gasteiger partial charge in [-0.1, -0.05) is 19.3 Å². The van der Waals surface area contributed by atoms with Gasteiger partial charge in [0.2, 0.25) is 0 Å². The summed E-state index contributed by atoms with van der Waals surface area (Å²) in [5.41, 5.74) is 1.70. The van der Waals surface area contributed by atoms with E-state index in [1.54, 1.807) is 6.20 Å². The highest BCUT2D eigenvalue weighted by Crippen LogP contribution is 2.35. The van der Waals surface area contributed by atoms with Gasteiger partial charge in [-0.05, 0) is 31.6 Å². The lowest BCUT2D eigenvalue weighted by Gasteiger charge is -2.27. The zero-order valence-electron chi connectivity index (χ0n) is 12.3. The minimum Gasteiger partial charge on any atom is -0.356 e. The first-order chi connectivity index (χ1) is 10.3. The minimum atomic E-state index is -0.0536. The van der Waals surface area contributed by atoms with Gasteiger partial charge in [0.25, 0.3) is 0 Å². The van der Waals surface area contributed by atoms with Crippen molar-refractivity contribution < 1.29 is 9.53 Å². The zero-order chi connectivity index (χ0) is 14.2. The van der Waals surface area contributed by atoms with Gasteiger partial charge < -0.3 is 4.74 Å². The maximum Gasteiger partial charge on any atom is 0.173 e. The number of ether oxygens (including phenoxy) is 1. The highest BCUT2D eigenvalue weighted by molar-refractivity contribution is 6.15. The van der Waals surface area contributed by atoms with Crippen LogP contribution in [0.15, 0.2) is 11.2 Å². The number of hydrogen-bond donors (Lipinski definition) is 0. The van der Waals surface area contributed by atoms with Crippen molar-refractivity contribution in [1.29, 1.82) is 0 Å². The van der Waals surface area contributed by atoms with Gasteiger partial charge in [-0.15, -0.1) is 0 Å². The summed E-state index contributed by atoms with van der Waals surface area (Å²) in [5, 5.41) is 4.38. The fourth-order valence-electron chi connectivity index (χ4n) is 3.41. The molecule has 5 heteroatoms. The summed E-state index contributed by atoms with van der Waals surface area (Å²) in [7, 11) is 0. The smallest absolute Gasteiger partial charge is 0.173 e. The predicted octanol–water partition coefficient (Wildman–Crippen LogP) is 3.43. The van der Waals surface area contributed by atoms with Crippen molar-refractivity contribution in [2.75, 3.05) is 6.61 Å². The minimum absolute atomic E-state index is 0.0536. The lowest BCUT2D eigenvalue weighted by molar-refractivity contribution is -0.0383. The molecule has 2 fully saturated rings. The topological polar surface area (TPSA) is 56.5 Å². The van der Waals surface area contributed by atoms with Crippen LogP contribution in [-0.4, -0.2) is 27.9 Å². The molecule has 1 aromatic heterocycles. The fourth-order valence-corrected chi connectivity index (χ4v) is 3.41. The van der Waals surface area contributed by atoms with Gasteiger partial charge in [-0.25, -0.2) is 9.67 Å². The van der Waals surface area contributed by atoms with Crippen LogP contribution in [0.3, 0.4) is 0 Å². The van der Waals surface area contributed by atoms with E-state index in [0.29, 0.717) is 12.0 Å². The van der Waals surface area contributed by atoms with Crippen molar-refractivity contribution in [3.05, 3.63) is 11.8 Å².